The quantitative estimate of drug-likeness (QED) is 0.709. The van der Waals surface area contributed by atoms with Gasteiger partial charge in [-0.25, -0.2) is 0 Å². The molecule has 2 unspecified atom stereocenters. The van der Waals surface area contributed by atoms with Crippen LogP contribution in [-0.4, -0.2) is 52.9 Å². The van der Waals surface area contributed by atoms with Gasteiger partial charge in [-0.1, -0.05) is 0 Å². The van der Waals surface area contributed by atoms with Gasteiger partial charge in [0, 0.05) is 22.0 Å². The average molecular weight is 408 g/mol. The Hall–Kier alpha value is -0.470. The zero-order valence-electron chi connectivity index (χ0n) is 10.9. The van der Waals surface area contributed by atoms with E-state index in [0.29, 0.717) is 18.8 Å². The van der Waals surface area contributed by atoms with Crippen LogP contribution in [0, 0.1) is 6.92 Å². The predicted molar refractivity (Wildman–Crippen MR) is 83.7 cm³/mol. The molecule has 2 rings (SSSR count). The van der Waals surface area contributed by atoms with Crippen molar-refractivity contribution in [1.29, 1.82) is 0 Å². The number of benzene rings is 1. The Balaban J connectivity index is 1.99. The van der Waals surface area contributed by atoms with Gasteiger partial charge in [-0.2, -0.15) is 0 Å². The molecule has 1 amide bonds. The van der Waals surface area contributed by atoms with Gasteiger partial charge in [0.05, 0.1) is 24.4 Å². The molecular formula is C13H16Br2N2O3. The molecule has 1 aromatic rings. The molecule has 7 heteroatoms. The fourth-order valence-electron chi connectivity index (χ4n) is 2.18. The van der Waals surface area contributed by atoms with Crippen LogP contribution in [0.5, 0.6) is 0 Å². The Labute approximate surface area is 134 Å². The molecule has 1 aliphatic rings. The SMILES string of the molecule is Cc1cc(Br)c(NC(=O)CN2CC(O)C(O)C2)c(Br)c1. The van der Waals surface area contributed by atoms with Gasteiger partial charge in [-0.15, -0.1) is 0 Å². The molecule has 110 valence electrons. The van der Waals surface area contributed by atoms with Crippen LogP contribution in [0.4, 0.5) is 5.69 Å². The number of aryl methyl sites for hydroxylation is 1. The van der Waals surface area contributed by atoms with Crippen LogP contribution in [0.15, 0.2) is 21.1 Å². The number of aliphatic hydroxyl groups excluding tert-OH is 2. The van der Waals surface area contributed by atoms with E-state index in [-0.39, 0.29) is 12.5 Å². The second-order valence-electron chi connectivity index (χ2n) is 4.98. The summed E-state index contributed by atoms with van der Waals surface area (Å²) in [5.41, 5.74) is 1.76. The maximum Gasteiger partial charge on any atom is 0.238 e. The maximum absolute atomic E-state index is 12.0. The standard InChI is InChI=1S/C13H16Br2N2O3/c1-7-2-8(14)13(9(15)3-7)16-12(20)6-17-4-10(18)11(19)5-17/h2-3,10-11,18-19H,4-6H2,1H3,(H,16,20). The Bertz CT molecular complexity index is 491. The van der Waals surface area contributed by atoms with Crippen molar-refractivity contribution < 1.29 is 15.0 Å². The Kier molecular flexibility index (Phi) is 5.19. The Morgan fingerprint density at radius 3 is 2.30 bits per heavy atom. The van der Waals surface area contributed by atoms with Gasteiger partial charge < -0.3 is 15.5 Å². The van der Waals surface area contributed by atoms with E-state index < -0.39 is 12.2 Å². The van der Waals surface area contributed by atoms with Crippen molar-refractivity contribution in [3.63, 3.8) is 0 Å². The molecule has 2 atom stereocenters. The number of carbonyl (C=O) groups excluding carboxylic acids is 1. The molecule has 1 aliphatic heterocycles. The van der Waals surface area contributed by atoms with Crippen molar-refractivity contribution in [1.82, 2.24) is 4.90 Å². The smallest absolute Gasteiger partial charge is 0.238 e. The topological polar surface area (TPSA) is 72.8 Å². The number of likely N-dealkylation sites (tertiary alicyclic amines) is 1. The van der Waals surface area contributed by atoms with Crippen molar-refractivity contribution in [3.8, 4) is 0 Å². The zero-order valence-corrected chi connectivity index (χ0v) is 14.1. The first-order chi connectivity index (χ1) is 9.36. The average Bonchev–Trinajstić information content (AvgIpc) is 2.63. The molecule has 0 aliphatic carbocycles. The van der Waals surface area contributed by atoms with E-state index in [0.717, 1.165) is 14.5 Å². The normalized spacial score (nSPS) is 23.1. The Morgan fingerprint density at radius 1 is 1.30 bits per heavy atom. The largest absolute Gasteiger partial charge is 0.389 e. The molecule has 0 radical (unpaired) electrons. The maximum atomic E-state index is 12.0. The van der Waals surface area contributed by atoms with Crippen molar-refractivity contribution in [2.75, 3.05) is 25.0 Å². The Morgan fingerprint density at radius 2 is 1.80 bits per heavy atom. The minimum atomic E-state index is -0.777. The van der Waals surface area contributed by atoms with Crippen molar-refractivity contribution in [2.24, 2.45) is 0 Å². The first-order valence-corrected chi connectivity index (χ1v) is 7.79. The van der Waals surface area contributed by atoms with E-state index in [4.69, 9.17) is 0 Å². The second-order valence-corrected chi connectivity index (χ2v) is 6.69. The number of aliphatic hydroxyl groups is 2. The van der Waals surface area contributed by atoms with Crippen LogP contribution in [0.3, 0.4) is 0 Å². The molecule has 1 aromatic carbocycles. The summed E-state index contributed by atoms with van der Waals surface area (Å²) in [5, 5.41) is 21.7. The number of hydrogen-bond acceptors (Lipinski definition) is 4. The van der Waals surface area contributed by atoms with Crippen LogP contribution in [-0.2, 0) is 4.79 Å². The highest BCUT2D eigenvalue weighted by Crippen LogP contribution is 2.32. The number of anilines is 1. The molecule has 5 nitrogen and oxygen atoms in total. The molecule has 20 heavy (non-hydrogen) atoms. The lowest BCUT2D eigenvalue weighted by atomic mass is 10.2. The minimum absolute atomic E-state index is 0.140. The van der Waals surface area contributed by atoms with Crippen molar-refractivity contribution in [3.05, 3.63) is 26.6 Å². The summed E-state index contributed by atoms with van der Waals surface area (Å²) in [6.07, 6.45) is -1.55. The van der Waals surface area contributed by atoms with E-state index in [1.807, 2.05) is 19.1 Å². The van der Waals surface area contributed by atoms with Gasteiger partial charge in [0.25, 0.3) is 0 Å². The first-order valence-electron chi connectivity index (χ1n) is 6.21. The number of halogens is 2. The zero-order chi connectivity index (χ0) is 14.9. The van der Waals surface area contributed by atoms with E-state index in [9.17, 15) is 15.0 Å². The van der Waals surface area contributed by atoms with Gasteiger partial charge in [0.2, 0.25) is 5.91 Å². The van der Waals surface area contributed by atoms with Gasteiger partial charge in [-0.05, 0) is 56.5 Å². The third kappa shape index (κ3) is 3.79. The highest BCUT2D eigenvalue weighted by molar-refractivity contribution is 9.11. The van der Waals surface area contributed by atoms with E-state index in [1.165, 1.54) is 0 Å². The summed E-state index contributed by atoms with van der Waals surface area (Å²) in [6.45, 7) is 2.73. The van der Waals surface area contributed by atoms with Crippen molar-refractivity contribution >= 4 is 43.5 Å². The van der Waals surface area contributed by atoms with Gasteiger partial charge in [0.1, 0.15) is 0 Å². The van der Waals surface area contributed by atoms with Crippen molar-refractivity contribution in [2.45, 2.75) is 19.1 Å². The van der Waals surface area contributed by atoms with Gasteiger partial charge in [0.15, 0.2) is 0 Å². The summed E-state index contributed by atoms with van der Waals surface area (Å²) in [5.74, 6) is -0.184. The van der Waals surface area contributed by atoms with Crippen LogP contribution < -0.4 is 5.32 Å². The number of amides is 1. The summed E-state index contributed by atoms with van der Waals surface area (Å²) >= 11 is 6.84. The van der Waals surface area contributed by atoms with E-state index in [2.05, 4.69) is 37.2 Å². The lowest BCUT2D eigenvalue weighted by Crippen LogP contribution is -2.32. The molecule has 1 saturated heterocycles. The number of nitrogens with one attached hydrogen (secondary N) is 1. The molecule has 0 bridgehead atoms. The summed E-state index contributed by atoms with van der Waals surface area (Å²) in [7, 11) is 0. The minimum Gasteiger partial charge on any atom is -0.389 e. The molecule has 1 heterocycles. The molecule has 3 N–H and O–H groups in total. The lowest BCUT2D eigenvalue weighted by Gasteiger charge is -2.16. The fourth-order valence-corrected chi connectivity index (χ4v) is 3.79. The van der Waals surface area contributed by atoms with E-state index >= 15 is 0 Å². The summed E-state index contributed by atoms with van der Waals surface area (Å²) < 4.78 is 1.61. The van der Waals surface area contributed by atoms with E-state index in [1.54, 1.807) is 4.90 Å². The highest BCUT2D eigenvalue weighted by Gasteiger charge is 2.30. The third-order valence-electron chi connectivity index (χ3n) is 3.15. The van der Waals surface area contributed by atoms with Gasteiger partial charge >= 0.3 is 0 Å². The lowest BCUT2D eigenvalue weighted by molar-refractivity contribution is -0.117. The molecule has 0 saturated carbocycles. The van der Waals surface area contributed by atoms with Crippen LogP contribution in [0.1, 0.15) is 5.56 Å². The second kappa shape index (κ2) is 6.53. The monoisotopic (exact) mass is 406 g/mol. The molecular weight excluding hydrogens is 392 g/mol. The number of hydrogen-bond donors (Lipinski definition) is 3. The number of carbonyl (C=O) groups is 1. The molecule has 0 aromatic heterocycles. The fraction of sp³-hybridized carbons (Fsp3) is 0.462. The summed E-state index contributed by atoms with van der Waals surface area (Å²) in [6, 6.07) is 3.84. The van der Waals surface area contributed by atoms with Crippen LogP contribution >= 0.6 is 31.9 Å². The highest BCUT2D eigenvalue weighted by atomic mass is 79.9. The summed E-state index contributed by atoms with van der Waals surface area (Å²) in [4.78, 5) is 13.7. The molecule has 1 fully saturated rings. The number of rotatable bonds is 3. The number of nitrogens with zero attached hydrogens (tertiary/aromatic N) is 1. The van der Waals surface area contributed by atoms with Gasteiger partial charge in [-0.3, -0.25) is 9.69 Å². The van der Waals surface area contributed by atoms with Crippen LogP contribution in [0.25, 0.3) is 0 Å². The first kappa shape index (κ1) is 15.9. The number of β-amino-alcohol motifs (C(OH)–C–C–N with tert-alkyl or cyclic N) is 2. The third-order valence-corrected chi connectivity index (χ3v) is 4.40. The predicted octanol–water partition coefficient (Wildman–Crippen LogP) is 1.50. The van der Waals surface area contributed by atoms with Crippen LogP contribution in [0.2, 0.25) is 0 Å². The molecule has 0 spiro atoms.